The number of thiophene rings is 1. The molecule has 0 saturated heterocycles. The van der Waals surface area contributed by atoms with Crippen molar-refractivity contribution in [3.05, 3.63) is 64.0 Å². The second kappa shape index (κ2) is 9.62. The zero-order valence-corrected chi connectivity index (χ0v) is 20.0. The van der Waals surface area contributed by atoms with Gasteiger partial charge in [0.15, 0.2) is 0 Å². The lowest BCUT2D eigenvalue weighted by Gasteiger charge is -2.09. The van der Waals surface area contributed by atoms with Crippen LogP contribution in [0.2, 0.25) is 5.02 Å². The minimum atomic E-state index is -3.81. The van der Waals surface area contributed by atoms with E-state index in [-0.39, 0.29) is 11.5 Å². The molecule has 2 N–H and O–H groups in total. The highest BCUT2D eigenvalue weighted by atomic mass is 79.9. The maximum Gasteiger partial charge on any atom is 0.348 e. The quantitative estimate of drug-likeness (QED) is 0.324. The molecule has 0 fully saturated rings. The predicted molar refractivity (Wildman–Crippen MR) is 125 cm³/mol. The molecule has 0 atom stereocenters. The molecule has 0 aliphatic heterocycles. The molecule has 0 saturated carbocycles. The van der Waals surface area contributed by atoms with Gasteiger partial charge in [0.25, 0.3) is 0 Å². The van der Waals surface area contributed by atoms with E-state index in [2.05, 4.69) is 15.9 Å². The van der Waals surface area contributed by atoms with E-state index in [1.165, 1.54) is 23.5 Å². The van der Waals surface area contributed by atoms with Crippen LogP contribution in [0.3, 0.4) is 0 Å². The number of benzene rings is 2. The molecule has 0 aliphatic carbocycles. The van der Waals surface area contributed by atoms with Crippen molar-refractivity contribution < 1.29 is 17.9 Å². The molecule has 0 unspecified atom stereocenters. The van der Waals surface area contributed by atoms with Gasteiger partial charge in [-0.3, -0.25) is 0 Å². The van der Waals surface area contributed by atoms with Crippen molar-refractivity contribution in [3.63, 3.8) is 0 Å². The minimum Gasteiger partial charge on any atom is -0.462 e. The second-order valence-corrected chi connectivity index (χ2v) is 10.2. The van der Waals surface area contributed by atoms with Crippen molar-refractivity contribution in [2.24, 2.45) is 5.14 Å². The van der Waals surface area contributed by atoms with Crippen molar-refractivity contribution >= 4 is 54.9 Å². The van der Waals surface area contributed by atoms with Crippen LogP contribution in [0.25, 0.3) is 21.6 Å². The molecule has 3 aromatic rings. The normalized spacial score (nSPS) is 11.5. The number of esters is 1. The monoisotopic (exact) mass is 527 g/mol. The Balaban J connectivity index is 2.25. The summed E-state index contributed by atoms with van der Waals surface area (Å²) in [7, 11) is -3.81. The lowest BCUT2D eigenvalue weighted by atomic mass is 9.96. The smallest absolute Gasteiger partial charge is 0.348 e. The Morgan fingerprint density at radius 3 is 2.23 bits per heavy atom. The van der Waals surface area contributed by atoms with Gasteiger partial charge in [0.05, 0.1) is 11.5 Å². The number of halogens is 2. The second-order valence-electron chi connectivity index (χ2n) is 6.35. The first-order valence-corrected chi connectivity index (χ1v) is 12.9. The average Bonchev–Trinajstić information content (AvgIpc) is 3.08. The van der Waals surface area contributed by atoms with Crippen LogP contribution in [0.4, 0.5) is 0 Å². The van der Waals surface area contributed by atoms with Crippen LogP contribution in [0.1, 0.15) is 22.2 Å². The molecule has 9 heteroatoms. The van der Waals surface area contributed by atoms with E-state index in [0.717, 1.165) is 27.1 Å². The van der Waals surface area contributed by atoms with Crippen molar-refractivity contribution in [2.45, 2.75) is 18.2 Å². The van der Waals surface area contributed by atoms with Gasteiger partial charge >= 0.3 is 5.97 Å². The van der Waals surface area contributed by atoms with Crippen LogP contribution in [0, 0.1) is 0 Å². The van der Waals surface area contributed by atoms with Crippen LogP contribution in [0.15, 0.2) is 53.4 Å². The van der Waals surface area contributed by atoms with Gasteiger partial charge in [-0.2, -0.15) is 0 Å². The average molecular weight is 529 g/mol. The van der Waals surface area contributed by atoms with Gasteiger partial charge in [0, 0.05) is 20.8 Å². The SMILES string of the molecule is CCOC(=O)c1sc(-c2ccc(Cl)cc2)c(CCBr)c1-c1ccc(S(N)(=O)=O)cc1. The van der Waals surface area contributed by atoms with Gasteiger partial charge in [-0.05, 0) is 54.3 Å². The molecule has 30 heavy (non-hydrogen) atoms. The van der Waals surface area contributed by atoms with Gasteiger partial charge in [0.1, 0.15) is 4.88 Å². The number of hydrogen-bond donors (Lipinski definition) is 1. The molecule has 0 spiro atoms. The number of ether oxygens (including phenoxy) is 1. The van der Waals surface area contributed by atoms with Gasteiger partial charge in [-0.1, -0.05) is 51.8 Å². The number of nitrogens with two attached hydrogens (primary N) is 1. The van der Waals surface area contributed by atoms with E-state index in [9.17, 15) is 13.2 Å². The number of sulfonamides is 1. The zero-order valence-electron chi connectivity index (χ0n) is 16.0. The molecule has 0 bridgehead atoms. The Kier molecular flexibility index (Phi) is 7.36. The summed E-state index contributed by atoms with van der Waals surface area (Å²) in [6.45, 7) is 2.01. The molecule has 158 valence electrons. The molecule has 2 aromatic carbocycles. The lowest BCUT2D eigenvalue weighted by Crippen LogP contribution is -2.11. The minimum absolute atomic E-state index is 0.0131. The van der Waals surface area contributed by atoms with E-state index in [1.807, 2.05) is 12.1 Å². The third kappa shape index (κ3) is 4.95. The van der Waals surface area contributed by atoms with Crippen molar-refractivity contribution in [1.82, 2.24) is 0 Å². The Hall–Kier alpha value is -1.71. The Morgan fingerprint density at radius 2 is 1.70 bits per heavy atom. The molecular weight excluding hydrogens is 510 g/mol. The molecule has 0 radical (unpaired) electrons. The molecule has 5 nitrogen and oxygen atoms in total. The van der Waals surface area contributed by atoms with E-state index < -0.39 is 16.0 Å². The van der Waals surface area contributed by atoms with E-state index in [4.69, 9.17) is 21.5 Å². The van der Waals surface area contributed by atoms with Crippen molar-refractivity contribution in [2.75, 3.05) is 11.9 Å². The number of rotatable bonds is 7. The maximum absolute atomic E-state index is 12.8. The summed E-state index contributed by atoms with van der Waals surface area (Å²) in [6, 6.07) is 13.6. The summed E-state index contributed by atoms with van der Waals surface area (Å²) >= 11 is 10.9. The fourth-order valence-electron chi connectivity index (χ4n) is 3.09. The largest absolute Gasteiger partial charge is 0.462 e. The highest BCUT2D eigenvalue weighted by Crippen LogP contribution is 2.43. The lowest BCUT2D eigenvalue weighted by molar-refractivity contribution is 0.0533. The van der Waals surface area contributed by atoms with Gasteiger partial charge in [-0.15, -0.1) is 11.3 Å². The van der Waals surface area contributed by atoms with Gasteiger partial charge in [0.2, 0.25) is 10.0 Å². The van der Waals surface area contributed by atoms with Crippen LogP contribution < -0.4 is 5.14 Å². The molecule has 3 rings (SSSR count). The van der Waals surface area contributed by atoms with Crippen molar-refractivity contribution in [3.8, 4) is 21.6 Å². The van der Waals surface area contributed by atoms with E-state index in [0.29, 0.717) is 21.7 Å². The Bertz CT molecular complexity index is 1160. The summed E-state index contributed by atoms with van der Waals surface area (Å²) in [5, 5.41) is 6.53. The number of carbonyl (C=O) groups excluding carboxylic acids is 1. The van der Waals surface area contributed by atoms with Crippen LogP contribution in [0.5, 0.6) is 0 Å². The standard InChI is InChI=1S/C21H19BrClNO4S2/c1-2-28-21(25)20-18(13-5-9-16(10-6-13)30(24,26)27)17(11-12-22)19(29-20)14-3-7-15(23)8-4-14/h3-10H,2,11-12H2,1H3,(H2,24,26,27). The molecule has 0 aliphatic rings. The fraction of sp³-hybridized carbons (Fsp3) is 0.190. The molecule has 0 amide bonds. The number of primary sulfonamides is 1. The Labute approximate surface area is 193 Å². The van der Waals surface area contributed by atoms with Crippen LogP contribution >= 0.6 is 38.9 Å². The number of alkyl halides is 1. The topological polar surface area (TPSA) is 86.5 Å². The van der Waals surface area contributed by atoms with Crippen LogP contribution in [-0.2, 0) is 21.2 Å². The van der Waals surface area contributed by atoms with Gasteiger partial charge < -0.3 is 4.74 Å². The third-order valence-electron chi connectivity index (χ3n) is 4.39. The highest BCUT2D eigenvalue weighted by Gasteiger charge is 2.25. The van der Waals surface area contributed by atoms with Crippen LogP contribution in [-0.4, -0.2) is 26.3 Å². The first kappa shape index (κ1) is 23.0. The summed E-state index contributed by atoms with van der Waals surface area (Å²) in [4.78, 5) is 14.2. The first-order valence-electron chi connectivity index (χ1n) is 9.04. The summed E-state index contributed by atoms with van der Waals surface area (Å²) < 4.78 is 28.5. The van der Waals surface area contributed by atoms with E-state index >= 15 is 0 Å². The van der Waals surface area contributed by atoms with E-state index in [1.54, 1.807) is 31.2 Å². The highest BCUT2D eigenvalue weighted by molar-refractivity contribution is 9.09. The predicted octanol–water partition coefficient (Wildman–Crippen LogP) is 5.50. The zero-order chi connectivity index (χ0) is 21.9. The third-order valence-corrected chi connectivity index (χ3v) is 7.23. The maximum atomic E-state index is 12.8. The first-order chi connectivity index (χ1) is 14.3. The number of hydrogen-bond acceptors (Lipinski definition) is 5. The molecule has 1 aromatic heterocycles. The Morgan fingerprint density at radius 1 is 1.10 bits per heavy atom. The summed E-state index contributed by atoms with van der Waals surface area (Å²) in [5.74, 6) is -0.413. The van der Waals surface area contributed by atoms with Crippen molar-refractivity contribution in [1.29, 1.82) is 0 Å². The summed E-state index contributed by atoms with van der Waals surface area (Å²) in [5.41, 5.74) is 3.38. The molecular formula is C21H19BrClNO4S2. The number of carbonyl (C=O) groups is 1. The molecule has 1 heterocycles. The van der Waals surface area contributed by atoms with Gasteiger partial charge in [-0.25, -0.2) is 18.4 Å². The summed E-state index contributed by atoms with van der Waals surface area (Å²) in [6.07, 6.45) is 0.667. The fourth-order valence-corrected chi connectivity index (χ4v) is 5.40.